The largest absolute Gasteiger partial charge is 0.465 e. The number of esters is 1. The lowest BCUT2D eigenvalue weighted by Gasteiger charge is -2.35. The van der Waals surface area contributed by atoms with Crippen LogP contribution in [0.15, 0.2) is 11.4 Å². The lowest BCUT2D eigenvalue weighted by atomic mass is 9.97. The molecule has 0 fully saturated rings. The summed E-state index contributed by atoms with van der Waals surface area (Å²) >= 11 is 1.77. The Morgan fingerprint density at radius 3 is 2.80 bits per heavy atom. The maximum Gasteiger partial charge on any atom is 0.339 e. The molecule has 1 amide bonds. The van der Waals surface area contributed by atoms with Gasteiger partial charge < -0.3 is 14.6 Å². The fourth-order valence-corrected chi connectivity index (χ4v) is 4.67. The maximum atomic E-state index is 13.3. The molecule has 0 spiro atoms. The molecule has 0 bridgehead atoms. The van der Waals surface area contributed by atoms with Crippen LogP contribution in [0.5, 0.6) is 0 Å². The number of aryl methyl sites for hydroxylation is 1. The maximum absolute atomic E-state index is 13.3. The van der Waals surface area contributed by atoms with Crippen LogP contribution in [0, 0.1) is 6.92 Å². The van der Waals surface area contributed by atoms with E-state index in [2.05, 4.69) is 23.4 Å². The van der Waals surface area contributed by atoms with Gasteiger partial charge in [-0.1, -0.05) is 13.8 Å². The molecular formula is C19H24N2O3S. The number of aromatic nitrogens is 1. The minimum atomic E-state index is -0.393. The highest BCUT2D eigenvalue weighted by molar-refractivity contribution is 7.10. The summed E-state index contributed by atoms with van der Waals surface area (Å²) in [6, 6.07) is 2.23. The van der Waals surface area contributed by atoms with Gasteiger partial charge in [0.05, 0.1) is 18.7 Å². The van der Waals surface area contributed by atoms with Gasteiger partial charge in [-0.3, -0.25) is 4.79 Å². The Morgan fingerprint density at radius 1 is 1.40 bits per heavy atom. The number of rotatable bonds is 4. The summed E-state index contributed by atoms with van der Waals surface area (Å²) in [6.07, 6.45) is 2.41. The Hall–Kier alpha value is -2.08. The number of aromatic amines is 1. The standard InChI is InChI=1S/C19H24N2O3S/c1-5-13-16(19(23)24-4)11(3)17(20-13)18(22)21-9-7-15-12(8-10-25-15)14(21)6-2/h8,10,14,20H,5-7,9H2,1-4H3/t14-/m1/s1. The third kappa shape index (κ3) is 2.88. The third-order valence-corrected chi connectivity index (χ3v) is 6.02. The first-order valence-corrected chi connectivity index (χ1v) is 9.58. The molecule has 0 radical (unpaired) electrons. The number of methoxy groups -OCH3 is 1. The van der Waals surface area contributed by atoms with Crippen LogP contribution in [-0.4, -0.2) is 35.4 Å². The predicted molar refractivity (Wildman–Crippen MR) is 98.3 cm³/mol. The van der Waals surface area contributed by atoms with E-state index >= 15 is 0 Å². The summed E-state index contributed by atoms with van der Waals surface area (Å²) in [5.41, 5.74) is 3.71. The second-order valence-electron chi connectivity index (χ2n) is 6.30. The van der Waals surface area contributed by atoms with Crippen LogP contribution in [0.25, 0.3) is 0 Å². The number of hydrogen-bond acceptors (Lipinski definition) is 4. The first kappa shape index (κ1) is 17.7. The number of carbonyl (C=O) groups is 2. The quantitative estimate of drug-likeness (QED) is 0.842. The number of carbonyl (C=O) groups excluding carboxylic acids is 2. The van der Waals surface area contributed by atoms with Crippen LogP contribution < -0.4 is 0 Å². The van der Waals surface area contributed by atoms with E-state index in [0.717, 1.165) is 18.5 Å². The summed E-state index contributed by atoms with van der Waals surface area (Å²) in [4.78, 5) is 31.9. The zero-order valence-electron chi connectivity index (χ0n) is 15.1. The van der Waals surface area contributed by atoms with E-state index in [-0.39, 0.29) is 11.9 Å². The van der Waals surface area contributed by atoms with Crippen molar-refractivity contribution >= 4 is 23.2 Å². The van der Waals surface area contributed by atoms with Crippen molar-refractivity contribution in [1.82, 2.24) is 9.88 Å². The topological polar surface area (TPSA) is 62.4 Å². The van der Waals surface area contributed by atoms with Crippen molar-refractivity contribution in [2.24, 2.45) is 0 Å². The normalized spacial score (nSPS) is 16.6. The molecule has 2 aromatic heterocycles. The van der Waals surface area contributed by atoms with E-state index in [1.54, 1.807) is 11.3 Å². The molecule has 5 nitrogen and oxygen atoms in total. The summed E-state index contributed by atoms with van der Waals surface area (Å²) < 4.78 is 4.89. The average molecular weight is 360 g/mol. The monoisotopic (exact) mass is 360 g/mol. The summed E-state index contributed by atoms with van der Waals surface area (Å²) in [6.45, 7) is 6.59. The van der Waals surface area contributed by atoms with Crippen molar-refractivity contribution in [1.29, 1.82) is 0 Å². The van der Waals surface area contributed by atoms with Crippen LogP contribution in [-0.2, 0) is 17.6 Å². The fraction of sp³-hybridized carbons (Fsp3) is 0.474. The van der Waals surface area contributed by atoms with Crippen LogP contribution in [0.1, 0.15) is 68.9 Å². The summed E-state index contributed by atoms with van der Waals surface area (Å²) in [5.74, 6) is -0.429. The van der Waals surface area contributed by atoms with Crippen LogP contribution in [0.2, 0.25) is 0 Å². The predicted octanol–water partition coefficient (Wildman–Crippen LogP) is 3.88. The second-order valence-corrected chi connectivity index (χ2v) is 7.30. The number of nitrogens with zero attached hydrogens (tertiary/aromatic N) is 1. The molecule has 6 heteroatoms. The second kappa shape index (κ2) is 7.04. The third-order valence-electron chi connectivity index (χ3n) is 5.03. The van der Waals surface area contributed by atoms with E-state index in [1.807, 2.05) is 18.7 Å². The van der Waals surface area contributed by atoms with Gasteiger partial charge in [0.2, 0.25) is 0 Å². The van der Waals surface area contributed by atoms with Crippen molar-refractivity contribution in [2.45, 2.75) is 46.1 Å². The van der Waals surface area contributed by atoms with Gasteiger partial charge in [-0.2, -0.15) is 0 Å². The van der Waals surface area contributed by atoms with Crippen molar-refractivity contribution in [3.05, 3.63) is 44.4 Å². The first-order chi connectivity index (χ1) is 12.0. The Kier molecular flexibility index (Phi) is 4.99. The van der Waals surface area contributed by atoms with E-state index < -0.39 is 5.97 Å². The molecule has 0 aromatic carbocycles. The zero-order valence-corrected chi connectivity index (χ0v) is 16.0. The summed E-state index contributed by atoms with van der Waals surface area (Å²) in [7, 11) is 1.37. The zero-order chi connectivity index (χ0) is 18.1. The van der Waals surface area contributed by atoms with E-state index in [1.165, 1.54) is 17.6 Å². The molecule has 25 heavy (non-hydrogen) atoms. The fourth-order valence-electron chi connectivity index (χ4n) is 3.74. The Morgan fingerprint density at radius 2 is 2.16 bits per heavy atom. The Labute approximate surface area is 152 Å². The van der Waals surface area contributed by atoms with Crippen molar-refractivity contribution < 1.29 is 14.3 Å². The molecule has 1 N–H and O–H groups in total. The lowest BCUT2D eigenvalue weighted by molar-refractivity contribution is 0.0599. The number of hydrogen-bond donors (Lipinski definition) is 1. The highest BCUT2D eigenvalue weighted by atomic mass is 32.1. The Balaban J connectivity index is 1.99. The number of amides is 1. The van der Waals surface area contributed by atoms with Crippen molar-refractivity contribution in [2.75, 3.05) is 13.7 Å². The van der Waals surface area contributed by atoms with Gasteiger partial charge in [-0.25, -0.2) is 4.79 Å². The van der Waals surface area contributed by atoms with E-state index in [0.29, 0.717) is 29.8 Å². The van der Waals surface area contributed by atoms with Crippen molar-refractivity contribution in [3.63, 3.8) is 0 Å². The first-order valence-electron chi connectivity index (χ1n) is 8.70. The van der Waals surface area contributed by atoms with Gasteiger partial charge in [-0.15, -0.1) is 11.3 Å². The molecule has 1 atom stereocenters. The molecule has 1 aliphatic heterocycles. The molecule has 0 unspecified atom stereocenters. The van der Waals surface area contributed by atoms with Gasteiger partial charge in [0.25, 0.3) is 5.91 Å². The average Bonchev–Trinajstić information content (AvgIpc) is 3.23. The van der Waals surface area contributed by atoms with E-state index in [9.17, 15) is 9.59 Å². The van der Waals surface area contributed by atoms with E-state index in [4.69, 9.17) is 4.74 Å². The number of fused-ring (bicyclic) bond motifs is 1. The summed E-state index contributed by atoms with van der Waals surface area (Å²) in [5, 5.41) is 2.10. The lowest BCUT2D eigenvalue weighted by Crippen LogP contribution is -2.39. The molecule has 0 aliphatic carbocycles. The number of ether oxygens (including phenoxy) is 1. The molecule has 134 valence electrons. The van der Waals surface area contributed by atoms with Crippen molar-refractivity contribution in [3.8, 4) is 0 Å². The molecule has 2 aromatic rings. The molecule has 0 saturated carbocycles. The van der Waals surface area contributed by atoms with Crippen LogP contribution in [0.3, 0.4) is 0 Å². The molecule has 1 aliphatic rings. The SMILES string of the molecule is CCc1[nH]c(C(=O)N2CCc3sccc3[C@H]2CC)c(C)c1C(=O)OC. The van der Waals surface area contributed by atoms with Gasteiger partial charge in [0, 0.05) is 17.1 Å². The highest BCUT2D eigenvalue weighted by Crippen LogP contribution is 2.36. The molecule has 3 rings (SSSR count). The minimum absolute atomic E-state index is 0.0361. The molecule has 3 heterocycles. The molecular weight excluding hydrogens is 336 g/mol. The minimum Gasteiger partial charge on any atom is -0.465 e. The van der Waals surface area contributed by atoms with Crippen LogP contribution >= 0.6 is 11.3 Å². The number of nitrogens with one attached hydrogen (secondary N) is 1. The number of thiophene rings is 1. The van der Waals surface area contributed by atoms with Gasteiger partial charge in [0.1, 0.15) is 5.69 Å². The Bertz CT molecular complexity index is 806. The van der Waals surface area contributed by atoms with Crippen LogP contribution in [0.4, 0.5) is 0 Å². The van der Waals surface area contributed by atoms with Gasteiger partial charge in [0.15, 0.2) is 0 Å². The van der Waals surface area contributed by atoms with Gasteiger partial charge >= 0.3 is 5.97 Å². The highest BCUT2D eigenvalue weighted by Gasteiger charge is 2.33. The molecule has 0 saturated heterocycles. The number of H-pyrrole nitrogens is 1. The van der Waals surface area contributed by atoms with Gasteiger partial charge in [-0.05, 0) is 48.8 Å². The smallest absolute Gasteiger partial charge is 0.339 e.